The van der Waals surface area contributed by atoms with Crippen LogP contribution in [-0.4, -0.2) is 4.98 Å². The van der Waals surface area contributed by atoms with E-state index in [4.69, 9.17) is 5.84 Å². The standard InChI is InChI=1S/C15H17F2N3/c1-9-6-12(7-10(2)19-9)14(20-18)8-11-4-3-5-13(16)15(11)17/h3-7,14,20H,8,18H2,1-2H3. The first-order chi connectivity index (χ1) is 9.51. The summed E-state index contributed by atoms with van der Waals surface area (Å²) in [4.78, 5) is 4.29. The van der Waals surface area contributed by atoms with E-state index in [0.29, 0.717) is 5.56 Å². The molecule has 1 aromatic carbocycles. The van der Waals surface area contributed by atoms with E-state index in [-0.39, 0.29) is 12.5 Å². The largest absolute Gasteiger partial charge is 0.271 e. The molecule has 2 aromatic rings. The number of pyridine rings is 1. The Bertz CT molecular complexity index is 594. The van der Waals surface area contributed by atoms with E-state index in [1.165, 1.54) is 6.07 Å². The molecular formula is C15H17F2N3. The minimum absolute atomic E-state index is 0.267. The number of nitrogens with zero attached hydrogens (tertiary/aromatic N) is 1. The number of nitrogens with one attached hydrogen (secondary N) is 1. The number of benzene rings is 1. The maximum absolute atomic E-state index is 13.7. The van der Waals surface area contributed by atoms with Gasteiger partial charge in [0.25, 0.3) is 0 Å². The van der Waals surface area contributed by atoms with E-state index < -0.39 is 11.6 Å². The Morgan fingerprint density at radius 2 is 1.85 bits per heavy atom. The fourth-order valence-electron chi connectivity index (χ4n) is 2.27. The van der Waals surface area contributed by atoms with E-state index in [1.54, 1.807) is 6.07 Å². The summed E-state index contributed by atoms with van der Waals surface area (Å²) in [6.45, 7) is 3.76. The summed E-state index contributed by atoms with van der Waals surface area (Å²) in [5.74, 6) is 3.88. The first-order valence-corrected chi connectivity index (χ1v) is 6.35. The van der Waals surface area contributed by atoms with Gasteiger partial charge in [0.2, 0.25) is 0 Å². The molecule has 1 unspecified atom stereocenters. The van der Waals surface area contributed by atoms with E-state index in [0.717, 1.165) is 23.0 Å². The highest BCUT2D eigenvalue weighted by molar-refractivity contribution is 5.27. The SMILES string of the molecule is Cc1cc(C(Cc2cccc(F)c2F)NN)cc(C)n1. The highest BCUT2D eigenvalue weighted by atomic mass is 19.2. The van der Waals surface area contributed by atoms with Gasteiger partial charge >= 0.3 is 0 Å². The summed E-state index contributed by atoms with van der Waals surface area (Å²) in [6.07, 6.45) is 0.267. The van der Waals surface area contributed by atoms with Crippen molar-refractivity contribution in [2.45, 2.75) is 26.3 Å². The molecule has 1 heterocycles. The normalized spacial score (nSPS) is 12.4. The van der Waals surface area contributed by atoms with Crippen molar-refractivity contribution in [3.8, 4) is 0 Å². The zero-order valence-electron chi connectivity index (χ0n) is 11.5. The quantitative estimate of drug-likeness (QED) is 0.667. The number of nitrogens with two attached hydrogens (primary N) is 1. The molecule has 1 aromatic heterocycles. The molecule has 106 valence electrons. The van der Waals surface area contributed by atoms with Crippen LogP contribution in [0.25, 0.3) is 0 Å². The van der Waals surface area contributed by atoms with Gasteiger partial charge in [-0.25, -0.2) is 8.78 Å². The Kier molecular flexibility index (Phi) is 4.42. The number of hydrogen-bond acceptors (Lipinski definition) is 3. The first-order valence-electron chi connectivity index (χ1n) is 6.35. The molecule has 0 radical (unpaired) electrons. The monoisotopic (exact) mass is 277 g/mol. The van der Waals surface area contributed by atoms with Crippen LogP contribution >= 0.6 is 0 Å². The Morgan fingerprint density at radius 1 is 1.20 bits per heavy atom. The maximum atomic E-state index is 13.7. The zero-order chi connectivity index (χ0) is 14.7. The van der Waals surface area contributed by atoms with Gasteiger partial charge in [-0.3, -0.25) is 16.3 Å². The van der Waals surface area contributed by atoms with Gasteiger partial charge in [-0.05, 0) is 49.6 Å². The fraction of sp³-hybridized carbons (Fsp3) is 0.267. The number of aromatic nitrogens is 1. The van der Waals surface area contributed by atoms with Crippen molar-refractivity contribution in [3.63, 3.8) is 0 Å². The van der Waals surface area contributed by atoms with Gasteiger partial charge in [0.05, 0.1) is 6.04 Å². The number of aryl methyl sites for hydroxylation is 2. The van der Waals surface area contributed by atoms with Crippen LogP contribution in [0.4, 0.5) is 8.78 Å². The maximum Gasteiger partial charge on any atom is 0.162 e. The molecule has 0 fully saturated rings. The molecule has 0 aliphatic heterocycles. The molecule has 1 atom stereocenters. The predicted molar refractivity (Wildman–Crippen MR) is 73.8 cm³/mol. The summed E-state index contributed by atoms with van der Waals surface area (Å²) in [7, 11) is 0. The van der Waals surface area contributed by atoms with E-state index in [9.17, 15) is 8.78 Å². The Balaban J connectivity index is 2.31. The molecule has 3 N–H and O–H groups in total. The topological polar surface area (TPSA) is 50.9 Å². The second-order valence-corrected chi connectivity index (χ2v) is 4.82. The van der Waals surface area contributed by atoms with Gasteiger partial charge in [-0.15, -0.1) is 0 Å². The highest BCUT2D eigenvalue weighted by Crippen LogP contribution is 2.21. The molecule has 0 amide bonds. The summed E-state index contributed by atoms with van der Waals surface area (Å²) >= 11 is 0. The third-order valence-corrected chi connectivity index (χ3v) is 3.16. The molecule has 5 heteroatoms. The molecule has 0 bridgehead atoms. The van der Waals surface area contributed by atoms with Crippen LogP contribution in [0.5, 0.6) is 0 Å². The Morgan fingerprint density at radius 3 is 2.45 bits per heavy atom. The lowest BCUT2D eigenvalue weighted by Gasteiger charge is -2.18. The molecule has 0 aliphatic rings. The van der Waals surface area contributed by atoms with Gasteiger partial charge in [0, 0.05) is 11.4 Å². The van der Waals surface area contributed by atoms with Crippen molar-refractivity contribution in [1.29, 1.82) is 0 Å². The van der Waals surface area contributed by atoms with Crippen LogP contribution < -0.4 is 11.3 Å². The summed E-state index contributed by atoms with van der Waals surface area (Å²) in [6, 6.07) is 7.62. The van der Waals surface area contributed by atoms with Crippen molar-refractivity contribution in [2.24, 2.45) is 5.84 Å². The van der Waals surface area contributed by atoms with Crippen LogP contribution in [0.3, 0.4) is 0 Å². The zero-order valence-corrected chi connectivity index (χ0v) is 11.5. The third-order valence-electron chi connectivity index (χ3n) is 3.16. The first kappa shape index (κ1) is 14.6. The lowest BCUT2D eigenvalue weighted by Crippen LogP contribution is -2.30. The predicted octanol–water partition coefficient (Wildman–Crippen LogP) is 2.72. The van der Waals surface area contributed by atoms with Crippen LogP contribution in [0.15, 0.2) is 30.3 Å². The van der Waals surface area contributed by atoms with Crippen molar-refractivity contribution < 1.29 is 8.78 Å². The highest BCUT2D eigenvalue weighted by Gasteiger charge is 2.16. The number of hydrogen-bond donors (Lipinski definition) is 2. The van der Waals surface area contributed by atoms with E-state index in [1.807, 2.05) is 26.0 Å². The number of rotatable bonds is 4. The fourth-order valence-corrected chi connectivity index (χ4v) is 2.27. The Hall–Kier alpha value is -1.85. The summed E-state index contributed by atoms with van der Waals surface area (Å²) in [5.41, 5.74) is 5.57. The lowest BCUT2D eigenvalue weighted by molar-refractivity contribution is 0.481. The van der Waals surface area contributed by atoms with Gasteiger partial charge in [0.1, 0.15) is 0 Å². The van der Waals surface area contributed by atoms with Crippen LogP contribution in [-0.2, 0) is 6.42 Å². The molecule has 0 aliphatic carbocycles. The number of hydrazine groups is 1. The molecule has 0 saturated heterocycles. The van der Waals surface area contributed by atoms with Crippen LogP contribution in [0, 0.1) is 25.5 Å². The van der Waals surface area contributed by atoms with Crippen LogP contribution in [0.1, 0.15) is 28.6 Å². The summed E-state index contributed by atoms with van der Waals surface area (Å²) in [5, 5.41) is 0. The Labute approximate surface area is 116 Å². The van der Waals surface area contributed by atoms with Gasteiger partial charge < -0.3 is 0 Å². The van der Waals surface area contributed by atoms with Crippen molar-refractivity contribution >= 4 is 0 Å². The van der Waals surface area contributed by atoms with E-state index >= 15 is 0 Å². The third kappa shape index (κ3) is 3.18. The van der Waals surface area contributed by atoms with Gasteiger partial charge in [0.15, 0.2) is 11.6 Å². The molecule has 3 nitrogen and oxygen atoms in total. The molecular weight excluding hydrogens is 260 g/mol. The molecule has 0 saturated carbocycles. The lowest BCUT2D eigenvalue weighted by atomic mass is 9.98. The minimum Gasteiger partial charge on any atom is -0.271 e. The smallest absolute Gasteiger partial charge is 0.162 e. The number of halogens is 2. The second kappa shape index (κ2) is 6.07. The van der Waals surface area contributed by atoms with Gasteiger partial charge in [-0.1, -0.05) is 12.1 Å². The van der Waals surface area contributed by atoms with Gasteiger partial charge in [-0.2, -0.15) is 0 Å². The second-order valence-electron chi connectivity index (χ2n) is 4.82. The molecule has 0 spiro atoms. The van der Waals surface area contributed by atoms with Crippen molar-refractivity contribution in [2.75, 3.05) is 0 Å². The van der Waals surface area contributed by atoms with Crippen molar-refractivity contribution in [1.82, 2.24) is 10.4 Å². The minimum atomic E-state index is -0.847. The average Bonchev–Trinajstić information content (AvgIpc) is 2.39. The average molecular weight is 277 g/mol. The van der Waals surface area contributed by atoms with Crippen LogP contribution in [0.2, 0.25) is 0 Å². The van der Waals surface area contributed by atoms with E-state index in [2.05, 4.69) is 10.4 Å². The van der Waals surface area contributed by atoms with Crippen molar-refractivity contribution in [3.05, 3.63) is 64.5 Å². The summed E-state index contributed by atoms with van der Waals surface area (Å²) < 4.78 is 26.9. The molecule has 20 heavy (non-hydrogen) atoms. The molecule has 2 rings (SSSR count).